The van der Waals surface area contributed by atoms with Crippen molar-refractivity contribution in [1.82, 2.24) is 5.32 Å². The van der Waals surface area contributed by atoms with E-state index in [9.17, 15) is 9.59 Å². The van der Waals surface area contributed by atoms with Gasteiger partial charge in [0.2, 0.25) is 5.91 Å². The molecule has 1 saturated carbocycles. The molecule has 1 aliphatic rings. The summed E-state index contributed by atoms with van der Waals surface area (Å²) in [6, 6.07) is -0.0779. The number of carbonyl (C=O) groups excluding carboxylic acids is 1. The molecule has 0 aromatic rings. The van der Waals surface area contributed by atoms with Crippen molar-refractivity contribution in [3.8, 4) is 0 Å². The number of rotatable bonds is 7. The van der Waals surface area contributed by atoms with E-state index in [0.29, 0.717) is 18.8 Å². The van der Waals surface area contributed by atoms with Crippen LogP contribution in [0.1, 0.15) is 46.5 Å². The van der Waals surface area contributed by atoms with Gasteiger partial charge in [0.15, 0.2) is 0 Å². The molecule has 2 atom stereocenters. The predicted molar refractivity (Wildman–Crippen MR) is 73.5 cm³/mol. The van der Waals surface area contributed by atoms with Gasteiger partial charge in [0.25, 0.3) is 0 Å². The summed E-state index contributed by atoms with van der Waals surface area (Å²) in [5, 5.41) is 11.9. The number of hydrogen-bond acceptors (Lipinski definition) is 3. The van der Waals surface area contributed by atoms with Crippen LogP contribution in [-0.4, -0.2) is 29.6 Å². The first-order valence-corrected chi connectivity index (χ1v) is 6.94. The molecule has 0 aromatic heterocycles. The first-order chi connectivity index (χ1) is 8.69. The number of carboxylic acids is 1. The van der Waals surface area contributed by atoms with Gasteiger partial charge in [0, 0.05) is 19.0 Å². The molecule has 4 N–H and O–H groups in total. The lowest BCUT2D eigenvalue weighted by Gasteiger charge is -2.23. The Morgan fingerprint density at radius 1 is 1.37 bits per heavy atom. The molecule has 1 aliphatic carbocycles. The van der Waals surface area contributed by atoms with Gasteiger partial charge in [-0.1, -0.05) is 20.8 Å². The monoisotopic (exact) mass is 270 g/mol. The zero-order valence-corrected chi connectivity index (χ0v) is 12.1. The minimum atomic E-state index is -0.860. The van der Waals surface area contributed by atoms with Crippen LogP contribution < -0.4 is 11.1 Å². The maximum absolute atomic E-state index is 11.7. The van der Waals surface area contributed by atoms with Crippen LogP contribution in [-0.2, 0) is 9.59 Å². The van der Waals surface area contributed by atoms with Crippen LogP contribution in [0.25, 0.3) is 0 Å². The van der Waals surface area contributed by atoms with E-state index in [2.05, 4.69) is 5.32 Å². The van der Waals surface area contributed by atoms with Crippen LogP contribution in [0, 0.1) is 17.3 Å². The molecule has 0 bridgehead atoms. The van der Waals surface area contributed by atoms with Crippen molar-refractivity contribution in [3.63, 3.8) is 0 Å². The zero-order valence-electron chi connectivity index (χ0n) is 12.1. The summed E-state index contributed by atoms with van der Waals surface area (Å²) in [6.45, 7) is 6.16. The fourth-order valence-electron chi connectivity index (χ4n) is 2.20. The summed E-state index contributed by atoms with van der Waals surface area (Å²) in [7, 11) is 0. The number of carbonyl (C=O) groups is 2. The molecule has 19 heavy (non-hydrogen) atoms. The third-order valence-corrected chi connectivity index (χ3v) is 3.40. The molecule has 2 unspecified atom stereocenters. The third-order valence-electron chi connectivity index (χ3n) is 3.40. The Labute approximate surface area is 114 Å². The lowest BCUT2D eigenvalue weighted by atomic mass is 9.84. The van der Waals surface area contributed by atoms with Gasteiger partial charge in [-0.3, -0.25) is 9.59 Å². The second kappa shape index (κ2) is 6.37. The van der Waals surface area contributed by atoms with Crippen molar-refractivity contribution in [2.24, 2.45) is 23.0 Å². The Hall–Kier alpha value is -1.10. The van der Waals surface area contributed by atoms with Gasteiger partial charge in [-0.05, 0) is 30.6 Å². The van der Waals surface area contributed by atoms with E-state index >= 15 is 0 Å². The van der Waals surface area contributed by atoms with E-state index in [1.807, 2.05) is 20.8 Å². The SMILES string of the molecule is CC(C)(C)CC(CNC(=O)CC(N)C1CC1)C(=O)O. The summed E-state index contributed by atoms with van der Waals surface area (Å²) in [5.74, 6) is -1.06. The van der Waals surface area contributed by atoms with Crippen LogP contribution in [0.15, 0.2) is 0 Å². The highest BCUT2D eigenvalue weighted by atomic mass is 16.4. The number of aliphatic carboxylic acids is 1. The summed E-state index contributed by atoms with van der Waals surface area (Å²) < 4.78 is 0. The molecule has 0 aliphatic heterocycles. The minimum absolute atomic E-state index is 0.0712. The molecule has 0 spiro atoms. The van der Waals surface area contributed by atoms with Crippen molar-refractivity contribution in [1.29, 1.82) is 0 Å². The quantitative estimate of drug-likeness (QED) is 0.651. The van der Waals surface area contributed by atoms with Gasteiger partial charge in [-0.25, -0.2) is 0 Å². The highest BCUT2D eigenvalue weighted by molar-refractivity contribution is 5.78. The molecule has 5 heteroatoms. The largest absolute Gasteiger partial charge is 0.481 e. The Morgan fingerprint density at radius 2 is 1.95 bits per heavy atom. The van der Waals surface area contributed by atoms with Crippen molar-refractivity contribution in [2.45, 2.75) is 52.5 Å². The highest BCUT2D eigenvalue weighted by Gasteiger charge is 2.30. The number of carboxylic acid groups (broad SMARTS) is 1. The average molecular weight is 270 g/mol. The summed E-state index contributed by atoms with van der Waals surface area (Å²) >= 11 is 0. The van der Waals surface area contributed by atoms with Crippen molar-refractivity contribution in [3.05, 3.63) is 0 Å². The minimum Gasteiger partial charge on any atom is -0.481 e. The Balaban J connectivity index is 2.34. The molecule has 0 heterocycles. The maximum Gasteiger partial charge on any atom is 0.308 e. The average Bonchev–Trinajstić information content (AvgIpc) is 3.05. The number of nitrogens with one attached hydrogen (secondary N) is 1. The van der Waals surface area contributed by atoms with Crippen LogP contribution in [0.4, 0.5) is 0 Å². The van der Waals surface area contributed by atoms with Gasteiger partial charge in [0.05, 0.1) is 5.92 Å². The number of nitrogens with two attached hydrogens (primary N) is 1. The summed E-state index contributed by atoms with van der Waals surface area (Å²) in [6.07, 6.45) is 3.05. The fraction of sp³-hybridized carbons (Fsp3) is 0.857. The normalized spacial score (nSPS) is 18.7. The van der Waals surface area contributed by atoms with Gasteiger partial charge < -0.3 is 16.2 Å². The maximum atomic E-state index is 11.7. The molecule has 110 valence electrons. The molecule has 0 aromatic carbocycles. The van der Waals surface area contributed by atoms with Gasteiger partial charge in [-0.2, -0.15) is 0 Å². The third kappa shape index (κ3) is 6.57. The standard InChI is InChI=1S/C14H26N2O3/c1-14(2,3)7-10(13(18)19)8-16-12(17)6-11(15)9-4-5-9/h9-11H,4-8,15H2,1-3H3,(H,16,17)(H,18,19). The number of hydrogen-bond donors (Lipinski definition) is 3. The van der Waals surface area contributed by atoms with Crippen molar-refractivity contribution in [2.75, 3.05) is 6.54 Å². The highest BCUT2D eigenvalue weighted by Crippen LogP contribution is 2.32. The van der Waals surface area contributed by atoms with Crippen molar-refractivity contribution < 1.29 is 14.7 Å². The van der Waals surface area contributed by atoms with E-state index in [-0.39, 0.29) is 23.9 Å². The van der Waals surface area contributed by atoms with E-state index in [4.69, 9.17) is 10.8 Å². The van der Waals surface area contributed by atoms with Crippen molar-refractivity contribution >= 4 is 11.9 Å². The van der Waals surface area contributed by atoms with Crippen LogP contribution in [0.2, 0.25) is 0 Å². The summed E-state index contributed by atoms with van der Waals surface area (Å²) in [4.78, 5) is 22.8. The Kier molecular flexibility index (Phi) is 5.35. The van der Waals surface area contributed by atoms with E-state index in [1.54, 1.807) is 0 Å². The topological polar surface area (TPSA) is 92.4 Å². The van der Waals surface area contributed by atoms with Crippen LogP contribution in [0.3, 0.4) is 0 Å². The smallest absolute Gasteiger partial charge is 0.308 e. The molecular weight excluding hydrogens is 244 g/mol. The first kappa shape index (κ1) is 16.0. The van der Waals surface area contributed by atoms with Crippen LogP contribution >= 0.6 is 0 Å². The van der Waals surface area contributed by atoms with Crippen LogP contribution in [0.5, 0.6) is 0 Å². The second-order valence-electron chi connectivity index (χ2n) is 6.81. The lowest BCUT2D eigenvalue weighted by Crippen LogP contribution is -2.38. The van der Waals surface area contributed by atoms with E-state index < -0.39 is 11.9 Å². The lowest BCUT2D eigenvalue weighted by molar-refractivity contribution is -0.142. The van der Waals surface area contributed by atoms with Gasteiger partial charge in [-0.15, -0.1) is 0 Å². The Bertz CT molecular complexity index is 332. The molecule has 1 amide bonds. The molecule has 0 radical (unpaired) electrons. The molecule has 0 saturated heterocycles. The van der Waals surface area contributed by atoms with E-state index in [1.165, 1.54) is 0 Å². The Morgan fingerprint density at radius 3 is 2.37 bits per heavy atom. The fourth-order valence-corrected chi connectivity index (χ4v) is 2.20. The molecular formula is C14H26N2O3. The summed E-state index contributed by atoms with van der Waals surface area (Å²) in [5.41, 5.74) is 5.80. The van der Waals surface area contributed by atoms with E-state index in [0.717, 1.165) is 12.8 Å². The second-order valence-corrected chi connectivity index (χ2v) is 6.81. The first-order valence-electron chi connectivity index (χ1n) is 6.94. The van der Waals surface area contributed by atoms with Gasteiger partial charge in [0.1, 0.15) is 0 Å². The zero-order chi connectivity index (χ0) is 14.6. The van der Waals surface area contributed by atoms with Gasteiger partial charge >= 0.3 is 5.97 Å². The molecule has 1 fully saturated rings. The number of amides is 1. The molecule has 5 nitrogen and oxygen atoms in total. The molecule has 1 rings (SSSR count). The predicted octanol–water partition coefficient (Wildman–Crippen LogP) is 1.37.